The van der Waals surface area contributed by atoms with E-state index in [9.17, 15) is 4.79 Å². The molecule has 0 saturated carbocycles. The maximum absolute atomic E-state index is 12.1. The Morgan fingerprint density at radius 2 is 2.03 bits per heavy atom. The number of hydrogen-bond donors (Lipinski definition) is 1. The molecular weight excluding hydrogens is 372 g/mol. The molecule has 1 aromatic heterocycles. The Morgan fingerprint density at radius 3 is 2.69 bits per heavy atom. The molecule has 8 heteroatoms. The van der Waals surface area contributed by atoms with Gasteiger partial charge in [0, 0.05) is 25.9 Å². The molecule has 2 rings (SSSR count). The fourth-order valence-electron chi connectivity index (χ4n) is 2.90. The quantitative estimate of drug-likeness (QED) is 0.549. The summed E-state index contributed by atoms with van der Waals surface area (Å²) in [5.41, 5.74) is 0.957. The summed E-state index contributed by atoms with van der Waals surface area (Å²) in [5, 5.41) is 6.66. The number of nitrogens with zero attached hydrogens (tertiary/aromatic N) is 3. The van der Waals surface area contributed by atoms with Crippen LogP contribution in [0, 0.1) is 6.92 Å². The highest BCUT2D eigenvalue weighted by molar-refractivity contribution is 5.75. The topological polar surface area (TPSA) is 89.7 Å². The Hall–Kier alpha value is -2.61. The van der Waals surface area contributed by atoms with Gasteiger partial charge in [-0.2, -0.15) is 4.98 Å². The number of hydrogen-bond acceptors (Lipinski definition) is 7. The van der Waals surface area contributed by atoms with Crippen LogP contribution >= 0.6 is 0 Å². The van der Waals surface area contributed by atoms with Gasteiger partial charge in [-0.25, -0.2) is 0 Å². The lowest BCUT2D eigenvalue weighted by Gasteiger charge is -2.19. The average Bonchev–Trinajstić information content (AvgIpc) is 3.15. The first kappa shape index (κ1) is 22.7. The SMILES string of the molecule is CCN(CC)CCOc1ccc(CNC(=O)CCCc2nc(C)no2)cc1OC. The van der Waals surface area contributed by atoms with E-state index in [4.69, 9.17) is 14.0 Å². The number of carbonyl (C=O) groups is 1. The first-order chi connectivity index (χ1) is 14.0. The predicted molar refractivity (Wildman–Crippen MR) is 110 cm³/mol. The number of rotatable bonds is 13. The zero-order valence-corrected chi connectivity index (χ0v) is 17.9. The molecule has 1 heterocycles. The molecule has 1 N–H and O–H groups in total. The van der Waals surface area contributed by atoms with Crippen molar-refractivity contribution in [3.8, 4) is 11.5 Å². The van der Waals surface area contributed by atoms with E-state index in [1.54, 1.807) is 14.0 Å². The highest BCUT2D eigenvalue weighted by atomic mass is 16.5. The summed E-state index contributed by atoms with van der Waals surface area (Å²) < 4.78 is 16.4. The van der Waals surface area contributed by atoms with Gasteiger partial charge in [-0.05, 0) is 44.1 Å². The smallest absolute Gasteiger partial charge is 0.226 e. The van der Waals surface area contributed by atoms with Crippen molar-refractivity contribution in [3.63, 3.8) is 0 Å². The third kappa shape index (κ3) is 7.73. The Labute approximate surface area is 172 Å². The van der Waals surface area contributed by atoms with Crippen molar-refractivity contribution in [2.45, 2.75) is 46.6 Å². The number of likely N-dealkylation sites (N-methyl/N-ethyl adjacent to an activating group) is 1. The van der Waals surface area contributed by atoms with Crippen molar-refractivity contribution in [2.24, 2.45) is 0 Å². The van der Waals surface area contributed by atoms with Crippen LogP contribution in [0.3, 0.4) is 0 Å². The van der Waals surface area contributed by atoms with Crippen molar-refractivity contribution >= 4 is 5.91 Å². The molecule has 0 aliphatic carbocycles. The monoisotopic (exact) mass is 404 g/mol. The molecule has 0 spiro atoms. The lowest BCUT2D eigenvalue weighted by molar-refractivity contribution is -0.121. The van der Waals surface area contributed by atoms with Gasteiger partial charge in [-0.15, -0.1) is 0 Å². The van der Waals surface area contributed by atoms with Crippen molar-refractivity contribution in [1.82, 2.24) is 20.4 Å². The van der Waals surface area contributed by atoms with Crippen LogP contribution in [0.4, 0.5) is 0 Å². The second kappa shape index (κ2) is 12.1. The number of methoxy groups -OCH3 is 1. The molecule has 160 valence electrons. The van der Waals surface area contributed by atoms with Crippen molar-refractivity contribution in [1.29, 1.82) is 0 Å². The van der Waals surface area contributed by atoms with Gasteiger partial charge in [0.2, 0.25) is 11.8 Å². The van der Waals surface area contributed by atoms with E-state index < -0.39 is 0 Å². The lowest BCUT2D eigenvalue weighted by atomic mass is 10.2. The van der Waals surface area contributed by atoms with Gasteiger partial charge < -0.3 is 24.2 Å². The molecule has 0 aliphatic rings. The van der Waals surface area contributed by atoms with E-state index in [2.05, 4.69) is 34.2 Å². The van der Waals surface area contributed by atoms with Crippen molar-refractivity contribution in [2.75, 3.05) is 33.4 Å². The molecule has 0 atom stereocenters. The summed E-state index contributed by atoms with van der Waals surface area (Å²) in [7, 11) is 1.62. The summed E-state index contributed by atoms with van der Waals surface area (Å²) in [6, 6.07) is 5.73. The lowest BCUT2D eigenvalue weighted by Crippen LogP contribution is -2.28. The summed E-state index contributed by atoms with van der Waals surface area (Å²) in [5.74, 6) is 2.54. The second-order valence-electron chi connectivity index (χ2n) is 6.73. The van der Waals surface area contributed by atoms with Gasteiger partial charge in [-0.3, -0.25) is 4.79 Å². The standard InChI is InChI=1S/C21H32N4O4/c1-5-25(6-2)12-13-28-18-11-10-17(14-19(18)27-4)15-22-20(26)8-7-9-21-23-16(3)24-29-21/h10-11,14H,5-9,12-13,15H2,1-4H3,(H,22,26). The van der Waals surface area contributed by atoms with Gasteiger partial charge in [0.1, 0.15) is 6.61 Å². The first-order valence-electron chi connectivity index (χ1n) is 10.1. The van der Waals surface area contributed by atoms with Crippen molar-refractivity contribution < 1.29 is 18.8 Å². The normalized spacial score (nSPS) is 10.9. The van der Waals surface area contributed by atoms with Gasteiger partial charge in [0.05, 0.1) is 7.11 Å². The summed E-state index contributed by atoms with van der Waals surface area (Å²) >= 11 is 0. The molecule has 0 bridgehead atoms. The largest absolute Gasteiger partial charge is 0.493 e. The zero-order chi connectivity index (χ0) is 21.1. The fourth-order valence-corrected chi connectivity index (χ4v) is 2.90. The van der Waals surface area contributed by atoms with E-state index in [-0.39, 0.29) is 5.91 Å². The number of benzene rings is 1. The molecule has 1 amide bonds. The second-order valence-corrected chi connectivity index (χ2v) is 6.73. The maximum Gasteiger partial charge on any atom is 0.226 e. The molecular formula is C21H32N4O4. The minimum Gasteiger partial charge on any atom is -0.493 e. The Balaban J connectivity index is 1.76. The highest BCUT2D eigenvalue weighted by Gasteiger charge is 2.09. The van der Waals surface area contributed by atoms with Crippen LogP contribution in [0.1, 0.15) is 44.0 Å². The van der Waals surface area contributed by atoms with Crippen molar-refractivity contribution in [3.05, 3.63) is 35.5 Å². The number of aromatic nitrogens is 2. The zero-order valence-electron chi connectivity index (χ0n) is 17.9. The van der Waals surface area contributed by atoms with E-state index in [1.807, 2.05) is 18.2 Å². The predicted octanol–water partition coefficient (Wildman–Crippen LogP) is 2.75. The van der Waals surface area contributed by atoms with Crippen LogP contribution in [0.2, 0.25) is 0 Å². The summed E-state index contributed by atoms with van der Waals surface area (Å²) in [6.07, 6.45) is 1.67. The van der Waals surface area contributed by atoms with E-state index in [0.717, 1.165) is 25.2 Å². The number of aryl methyl sites for hydroxylation is 2. The molecule has 0 saturated heterocycles. The van der Waals surface area contributed by atoms with E-state index in [0.29, 0.717) is 55.6 Å². The highest BCUT2D eigenvalue weighted by Crippen LogP contribution is 2.28. The fraction of sp³-hybridized carbons (Fsp3) is 0.571. The molecule has 8 nitrogen and oxygen atoms in total. The first-order valence-corrected chi connectivity index (χ1v) is 10.1. The Morgan fingerprint density at radius 1 is 1.24 bits per heavy atom. The molecule has 0 aliphatic heterocycles. The third-order valence-electron chi connectivity index (χ3n) is 4.64. The maximum atomic E-state index is 12.1. The van der Waals surface area contributed by atoms with Gasteiger partial charge in [0.15, 0.2) is 17.3 Å². The number of ether oxygens (including phenoxy) is 2. The van der Waals surface area contributed by atoms with Gasteiger partial charge in [0.25, 0.3) is 0 Å². The molecule has 0 fully saturated rings. The number of amides is 1. The summed E-state index contributed by atoms with van der Waals surface area (Å²) in [4.78, 5) is 18.5. The van der Waals surface area contributed by atoms with E-state index in [1.165, 1.54) is 0 Å². The molecule has 0 radical (unpaired) electrons. The number of carbonyl (C=O) groups excluding carboxylic acids is 1. The van der Waals surface area contributed by atoms with Crippen LogP contribution in [-0.4, -0.2) is 54.3 Å². The molecule has 0 unspecified atom stereocenters. The van der Waals surface area contributed by atoms with Gasteiger partial charge >= 0.3 is 0 Å². The van der Waals surface area contributed by atoms with Crippen LogP contribution < -0.4 is 14.8 Å². The Bertz CT molecular complexity index is 759. The Kier molecular flexibility index (Phi) is 9.43. The molecule has 29 heavy (non-hydrogen) atoms. The molecule has 1 aromatic carbocycles. The van der Waals surface area contributed by atoms with Crippen LogP contribution in [0.15, 0.2) is 22.7 Å². The molecule has 2 aromatic rings. The van der Waals surface area contributed by atoms with Crippen LogP contribution in [0.5, 0.6) is 11.5 Å². The minimum absolute atomic E-state index is 0.0141. The third-order valence-corrected chi connectivity index (χ3v) is 4.64. The van der Waals surface area contributed by atoms with Crippen LogP contribution in [0.25, 0.3) is 0 Å². The minimum atomic E-state index is -0.0141. The van der Waals surface area contributed by atoms with Gasteiger partial charge in [-0.1, -0.05) is 25.1 Å². The van der Waals surface area contributed by atoms with Crippen LogP contribution in [-0.2, 0) is 17.8 Å². The summed E-state index contributed by atoms with van der Waals surface area (Å²) in [6.45, 7) is 9.97. The average molecular weight is 405 g/mol. The number of nitrogens with one attached hydrogen (secondary N) is 1. The van der Waals surface area contributed by atoms with E-state index >= 15 is 0 Å².